The van der Waals surface area contributed by atoms with Crippen molar-refractivity contribution in [3.8, 4) is 0 Å². The molecular formula is C15H20N4. The summed E-state index contributed by atoms with van der Waals surface area (Å²) in [5.74, 6) is 0.508. The van der Waals surface area contributed by atoms with Crippen molar-refractivity contribution < 1.29 is 0 Å². The van der Waals surface area contributed by atoms with E-state index in [1.54, 1.807) is 0 Å². The first-order valence-corrected chi connectivity index (χ1v) is 6.80. The number of aryl methyl sites for hydroxylation is 1. The second-order valence-electron chi connectivity index (χ2n) is 4.15. The molecule has 4 nitrogen and oxygen atoms in total. The largest absolute Gasteiger partial charge is 0.382 e. The van der Waals surface area contributed by atoms with Crippen LogP contribution in [-0.2, 0) is 6.54 Å². The monoisotopic (exact) mass is 256 g/mol. The minimum absolute atomic E-state index is 0.508. The Kier molecular flexibility index (Phi) is 4.00. The van der Waals surface area contributed by atoms with E-state index >= 15 is 0 Å². The highest BCUT2D eigenvalue weighted by Crippen LogP contribution is 2.26. The van der Waals surface area contributed by atoms with Gasteiger partial charge >= 0.3 is 0 Å². The van der Waals surface area contributed by atoms with E-state index in [1.807, 2.05) is 38.4 Å². The van der Waals surface area contributed by atoms with Gasteiger partial charge in [-0.3, -0.25) is 0 Å². The Balaban J connectivity index is 0.000000637. The molecule has 0 atom stereocenters. The molecule has 0 aliphatic rings. The van der Waals surface area contributed by atoms with Crippen molar-refractivity contribution in [1.82, 2.24) is 14.5 Å². The second-order valence-corrected chi connectivity index (χ2v) is 4.15. The van der Waals surface area contributed by atoms with Crippen molar-refractivity contribution >= 4 is 27.8 Å². The van der Waals surface area contributed by atoms with Gasteiger partial charge in [0.25, 0.3) is 0 Å². The van der Waals surface area contributed by atoms with E-state index in [2.05, 4.69) is 27.5 Å². The maximum Gasteiger partial charge on any atom is 0.152 e. The molecule has 100 valence electrons. The first-order chi connectivity index (χ1) is 9.31. The number of hydrogen-bond acceptors (Lipinski definition) is 3. The Morgan fingerprint density at radius 3 is 2.68 bits per heavy atom. The third kappa shape index (κ3) is 2.26. The number of fused-ring (bicyclic) bond motifs is 3. The van der Waals surface area contributed by atoms with Gasteiger partial charge in [-0.05, 0) is 12.5 Å². The van der Waals surface area contributed by atoms with E-state index < -0.39 is 0 Å². The summed E-state index contributed by atoms with van der Waals surface area (Å²) in [4.78, 5) is 8.74. The smallest absolute Gasteiger partial charge is 0.152 e. The summed E-state index contributed by atoms with van der Waals surface area (Å²) in [7, 11) is 0. The SMILES string of the molecule is CC.CCCn1cnc2c(N)nc3ccccc3c21. The van der Waals surface area contributed by atoms with Crippen LogP contribution >= 0.6 is 0 Å². The van der Waals surface area contributed by atoms with Gasteiger partial charge in [0.05, 0.1) is 17.4 Å². The molecule has 4 heteroatoms. The summed E-state index contributed by atoms with van der Waals surface area (Å²) in [6.07, 6.45) is 2.92. The Hall–Kier alpha value is -2.10. The van der Waals surface area contributed by atoms with Crippen molar-refractivity contribution in [1.29, 1.82) is 0 Å². The molecule has 0 saturated carbocycles. The molecule has 0 bridgehead atoms. The van der Waals surface area contributed by atoms with Crippen molar-refractivity contribution in [2.24, 2.45) is 0 Å². The summed E-state index contributed by atoms with van der Waals surface area (Å²) < 4.78 is 2.15. The molecule has 0 aliphatic heterocycles. The molecule has 0 unspecified atom stereocenters. The van der Waals surface area contributed by atoms with Crippen LogP contribution in [0.2, 0.25) is 0 Å². The standard InChI is InChI=1S/C13H14N4.C2H6/c1-2-7-17-8-15-11-12(17)9-5-3-4-6-10(9)16-13(11)14;1-2/h3-6,8H,2,7H2,1H3,(H2,14,16);1-2H3. The third-order valence-corrected chi connectivity index (χ3v) is 2.94. The number of anilines is 1. The van der Waals surface area contributed by atoms with E-state index in [0.29, 0.717) is 5.82 Å². The summed E-state index contributed by atoms with van der Waals surface area (Å²) in [6, 6.07) is 8.04. The minimum Gasteiger partial charge on any atom is -0.382 e. The van der Waals surface area contributed by atoms with Crippen molar-refractivity contribution in [3.63, 3.8) is 0 Å². The van der Waals surface area contributed by atoms with Gasteiger partial charge in [0.2, 0.25) is 0 Å². The molecule has 19 heavy (non-hydrogen) atoms. The van der Waals surface area contributed by atoms with Crippen LogP contribution in [0.3, 0.4) is 0 Å². The number of nitrogens with two attached hydrogens (primary N) is 1. The van der Waals surface area contributed by atoms with Gasteiger partial charge in [-0.2, -0.15) is 0 Å². The molecule has 0 fully saturated rings. The summed E-state index contributed by atoms with van der Waals surface area (Å²) in [6.45, 7) is 7.10. The molecule has 2 N–H and O–H groups in total. The fraction of sp³-hybridized carbons (Fsp3) is 0.333. The maximum atomic E-state index is 5.94. The van der Waals surface area contributed by atoms with E-state index in [9.17, 15) is 0 Å². The number of rotatable bonds is 2. The number of nitrogen functional groups attached to an aromatic ring is 1. The van der Waals surface area contributed by atoms with E-state index in [0.717, 1.165) is 34.9 Å². The van der Waals surface area contributed by atoms with Crippen LogP contribution in [0.1, 0.15) is 27.2 Å². The van der Waals surface area contributed by atoms with E-state index in [1.165, 1.54) is 0 Å². The number of pyridine rings is 1. The first kappa shape index (κ1) is 13.3. The van der Waals surface area contributed by atoms with Crippen LogP contribution in [-0.4, -0.2) is 14.5 Å². The summed E-state index contributed by atoms with van der Waals surface area (Å²) in [5.41, 5.74) is 8.77. The lowest BCUT2D eigenvalue weighted by molar-refractivity contribution is 0.698. The summed E-state index contributed by atoms with van der Waals surface area (Å²) in [5, 5.41) is 1.11. The van der Waals surface area contributed by atoms with Crippen molar-refractivity contribution in [2.45, 2.75) is 33.7 Å². The van der Waals surface area contributed by atoms with Crippen LogP contribution < -0.4 is 5.73 Å². The molecule has 0 amide bonds. The second kappa shape index (κ2) is 5.69. The molecule has 0 spiro atoms. The normalized spacial score (nSPS) is 10.5. The zero-order valence-corrected chi connectivity index (χ0v) is 11.7. The zero-order chi connectivity index (χ0) is 13.8. The van der Waals surface area contributed by atoms with Gasteiger partial charge in [-0.15, -0.1) is 0 Å². The first-order valence-electron chi connectivity index (χ1n) is 6.80. The lowest BCUT2D eigenvalue weighted by Crippen LogP contribution is -1.97. The molecular weight excluding hydrogens is 236 g/mol. The van der Waals surface area contributed by atoms with Crippen LogP contribution in [0.25, 0.3) is 21.9 Å². The Morgan fingerprint density at radius 1 is 1.21 bits per heavy atom. The van der Waals surface area contributed by atoms with Crippen LogP contribution in [0, 0.1) is 0 Å². The number of hydrogen-bond donors (Lipinski definition) is 1. The van der Waals surface area contributed by atoms with Crippen LogP contribution in [0.4, 0.5) is 5.82 Å². The predicted octanol–water partition coefficient (Wildman–Crippen LogP) is 3.60. The average Bonchev–Trinajstić information content (AvgIpc) is 2.87. The number of benzene rings is 1. The maximum absolute atomic E-state index is 5.94. The number of imidazole rings is 1. The molecule has 2 heterocycles. The number of aromatic nitrogens is 3. The van der Waals surface area contributed by atoms with Gasteiger partial charge < -0.3 is 10.3 Å². The quantitative estimate of drug-likeness (QED) is 0.762. The highest BCUT2D eigenvalue weighted by Gasteiger charge is 2.10. The molecule has 3 rings (SSSR count). The van der Waals surface area contributed by atoms with Crippen molar-refractivity contribution in [3.05, 3.63) is 30.6 Å². The van der Waals surface area contributed by atoms with Gasteiger partial charge in [0, 0.05) is 11.9 Å². The minimum atomic E-state index is 0.508. The predicted molar refractivity (Wildman–Crippen MR) is 81.1 cm³/mol. The number of nitrogens with zero attached hydrogens (tertiary/aromatic N) is 3. The fourth-order valence-electron chi connectivity index (χ4n) is 2.22. The molecule has 1 aromatic carbocycles. The van der Waals surface area contributed by atoms with Gasteiger partial charge in [0.1, 0.15) is 5.52 Å². The lowest BCUT2D eigenvalue weighted by Gasteiger charge is -2.06. The Labute approximate surface area is 113 Å². The highest BCUT2D eigenvalue weighted by atomic mass is 15.1. The molecule has 0 radical (unpaired) electrons. The zero-order valence-electron chi connectivity index (χ0n) is 11.7. The summed E-state index contributed by atoms with van der Waals surface area (Å²) >= 11 is 0. The fourth-order valence-corrected chi connectivity index (χ4v) is 2.22. The molecule has 2 aromatic heterocycles. The van der Waals surface area contributed by atoms with E-state index in [-0.39, 0.29) is 0 Å². The van der Waals surface area contributed by atoms with Gasteiger partial charge in [-0.1, -0.05) is 39.0 Å². The van der Waals surface area contributed by atoms with Gasteiger partial charge in [0.15, 0.2) is 5.82 Å². The Morgan fingerprint density at radius 2 is 1.95 bits per heavy atom. The van der Waals surface area contributed by atoms with E-state index in [4.69, 9.17) is 5.73 Å². The lowest BCUT2D eigenvalue weighted by atomic mass is 10.2. The molecule has 3 aromatic rings. The average molecular weight is 256 g/mol. The van der Waals surface area contributed by atoms with Crippen LogP contribution in [0.5, 0.6) is 0 Å². The highest BCUT2D eigenvalue weighted by molar-refractivity contribution is 6.06. The third-order valence-electron chi connectivity index (χ3n) is 2.94. The number of para-hydroxylation sites is 1. The topological polar surface area (TPSA) is 56.7 Å². The molecule has 0 aliphatic carbocycles. The molecule has 0 saturated heterocycles. The Bertz CT molecular complexity index is 685. The van der Waals surface area contributed by atoms with Gasteiger partial charge in [-0.25, -0.2) is 9.97 Å². The van der Waals surface area contributed by atoms with Crippen LogP contribution in [0.15, 0.2) is 30.6 Å². The van der Waals surface area contributed by atoms with Crippen molar-refractivity contribution in [2.75, 3.05) is 5.73 Å².